The van der Waals surface area contributed by atoms with E-state index < -0.39 is 5.41 Å². The second kappa shape index (κ2) is 12.5. The molecule has 0 aromatic heterocycles. The molecule has 52 heavy (non-hydrogen) atoms. The summed E-state index contributed by atoms with van der Waals surface area (Å²) in [5, 5.41) is 0. The molecule has 0 fully saturated rings. The van der Waals surface area contributed by atoms with Crippen molar-refractivity contribution in [1.82, 2.24) is 0 Å². The van der Waals surface area contributed by atoms with E-state index in [1.54, 1.807) is 0 Å². The van der Waals surface area contributed by atoms with Crippen molar-refractivity contribution in [2.24, 2.45) is 0 Å². The van der Waals surface area contributed by atoms with Gasteiger partial charge in [-0.05, 0) is 88.0 Å². The molecule has 246 valence electrons. The number of benzene rings is 8. The van der Waals surface area contributed by atoms with Crippen LogP contribution in [0.1, 0.15) is 22.3 Å². The Labute approximate surface area is 308 Å². The van der Waals surface area contributed by atoms with Gasteiger partial charge in [0.25, 0.3) is 0 Å². The quantitative estimate of drug-likeness (QED) is 0.179. The van der Waals surface area contributed by atoms with Gasteiger partial charge in [-0.3, -0.25) is 0 Å². The lowest BCUT2D eigenvalue weighted by Gasteiger charge is -2.45. The van der Waals surface area contributed by atoms with E-state index in [4.69, 9.17) is 4.74 Å². The van der Waals surface area contributed by atoms with Crippen LogP contribution in [0.4, 0.5) is 17.1 Å². The molecule has 0 unspecified atom stereocenters. The zero-order chi connectivity index (χ0) is 34.5. The van der Waals surface area contributed by atoms with Crippen molar-refractivity contribution >= 4 is 28.8 Å². The molecule has 0 radical (unpaired) electrons. The maximum atomic E-state index is 6.59. The summed E-state index contributed by atoms with van der Waals surface area (Å²) in [4.78, 5) is 4.87. The van der Waals surface area contributed by atoms with Crippen LogP contribution in [-0.2, 0) is 5.41 Å². The first-order valence-corrected chi connectivity index (χ1v) is 18.5. The molecule has 0 N–H and O–H groups in total. The van der Waals surface area contributed by atoms with Gasteiger partial charge in [0.15, 0.2) is 0 Å². The molecular weight excluding hydrogens is 651 g/mol. The van der Waals surface area contributed by atoms with Crippen molar-refractivity contribution in [1.29, 1.82) is 0 Å². The highest BCUT2D eigenvalue weighted by atomic mass is 32.2. The summed E-state index contributed by atoms with van der Waals surface area (Å²) in [5.41, 5.74) is 12.4. The summed E-state index contributed by atoms with van der Waals surface area (Å²) < 4.78 is 6.59. The fourth-order valence-electron chi connectivity index (χ4n) is 8.17. The number of anilines is 3. The molecule has 0 saturated heterocycles. The van der Waals surface area contributed by atoms with Crippen molar-refractivity contribution in [3.8, 4) is 33.8 Å². The van der Waals surface area contributed by atoms with Gasteiger partial charge in [0.1, 0.15) is 11.5 Å². The van der Waals surface area contributed by atoms with Crippen LogP contribution in [0.3, 0.4) is 0 Å². The lowest BCUT2D eigenvalue weighted by atomic mass is 9.63. The van der Waals surface area contributed by atoms with E-state index in [1.807, 2.05) is 11.8 Å². The van der Waals surface area contributed by atoms with E-state index in [0.29, 0.717) is 0 Å². The van der Waals surface area contributed by atoms with Crippen molar-refractivity contribution in [2.75, 3.05) is 4.90 Å². The van der Waals surface area contributed by atoms with Gasteiger partial charge in [-0.25, -0.2) is 0 Å². The van der Waals surface area contributed by atoms with Crippen LogP contribution in [0.25, 0.3) is 22.3 Å². The third-order valence-electron chi connectivity index (χ3n) is 10.4. The standard InChI is InChI=1S/C49H33NOS/c1-4-16-34(17-5-1)39-30-28-37(32-40(39)35-18-6-2-7-19-35)50(36-20-8-3-9-21-36)38-29-31-44-48(33-38)52-47-27-15-12-24-43(47)49(44)41-22-10-13-25-45(41)51-46-26-14-11-23-42(46)49/h1-33H. The summed E-state index contributed by atoms with van der Waals surface area (Å²) in [7, 11) is 0. The first-order valence-electron chi connectivity index (χ1n) is 17.7. The van der Waals surface area contributed by atoms with Gasteiger partial charge in [0, 0.05) is 38.0 Å². The molecular formula is C49H33NOS. The van der Waals surface area contributed by atoms with Crippen molar-refractivity contribution in [2.45, 2.75) is 15.2 Å². The lowest BCUT2D eigenvalue weighted by molar-refractivity contribution is 0.431. The molecule has 0 bridgehead atoms. The topological polar surface area (TPSA) is 12.5 Å². The van der Waals surface area contributed by atoms with Crippen LogP contribution >= 0.6 is 11.8 Å². The second-order valence-electron chi connectivity index (χ2n) is 13.3. The minimum Gasteiger partial charge on any atom is -0.457 e. The molecule has 3 heteroatoms. The first kappa shape index (κ1) is 30.5. The molecule has 0 amide bonds. The Morgan fingerprint density at radius 1 is 0.365 bits per heavy atom. The van der Waals surface area contributed by atoms with Gasteiger partial charge in [0.05, 0.1) is 5.41 Å². The van der Waals surface area contributed by atoms with E-state index in [-0.39, 0.29) is 0 Å². The highest BCUT2D eigenvalue weighted by Crippen LogP contribution is 2.62. The number of ether oxygens (including phenoxy) is 1. The number of rotatable bonds is 5. The number of hydrogen-bond donors (Lipinski definition) is 0. The third-order valence-corrected chi connectivity index (χ3v) is 11.5. The van der Waals surface area contributed by atoms with E-state index >= 15 is 0 Å². The molecule has 8 aromatic carbocycles. The summed E-state index contributed by atoms with van der Waals surface area (Å²) in [6.07, 6.45) is 0. The van der Waals surface area contributed by atoms with Gasteiger partial charge in [-0.1, -0.05) is 157 Å². The molecule has 2 aliphatic rings. The fourth-order valence-corrected chi connectivity index (χ4v) is 9.40. The van der Waals surface area contributed by atoms with Crippen LogP contribution in [-0.4, -0.2) is 0 Å². The predicted molar refractivity (Wildman–Crippen MR) is 215 cm³/mol. The molecule has 8 aromatic rings. The molecule has 2 nitrogen and oxygen atoms in total. The summed E-state index contributed by atoms with van der Waals surface area (Å²) in [6.45, 7) is 0. The van der Waals surface area contributed by atoms with Gasteiger partial charge in [-0.2, -0.15) is 0 Å². The zero-order valence-electron chi connectivity index (χ0n) is 28.3. The molecule has 1 spiro atoms. The normalized spacial score (nSPS) is 13.2. The molecule has 0 saturated carbocycles. The zero-order valence-corrected chi connectivity index (χ0v) is 29.1. The summed E-state index contributed by atoms with van der Waals surface area (Å²) in [6, 6.07) is 72.0. The van der Waals surface area contributed by atoms with Crippen LogP contribution in [0.2, 0.25) is 0 Å². The Bertz CT molecular complexity index is 2520. The fraction of sp³-hybridized carbons (Fsp3) is 0.0204. The maximum absolute atomic E-state index is 6.59. The van der Waals surface area contributed by atoms with Gasteiger partial charge in [0.2, 0.25) is 0 Å². The average molecular weight is 684 g/mol. The number of para-hydroxylation sites is 3. The van der Waals surface area contributed by atoms with Crippen molar-refractivity contribution in [3.63, 3.8) is 0 Å². The molecule has 2 aliphatic heterocycles. The van der Waals surface area contributed by atoms with E-state index in [9.17, 15) is 0 Å². The number of hydrogen-bond acceptors (Lipinski definition) is 3. The Morgan fingerprint density at radius 3 is 1.54 bits per heavy atom. The maximum Gasteiger partial charge on any atom is 0.132 e. The minimum atomic E-state index is -0.531. The van der Waals surface area contributed by atoms with Crippen LogP contribution in [0.15, 0.2) is 210 Å². The Kier molecular flexibility index (Phi) is 7.33. The minimum absolute atomic E-state index is 0.531. The summed E-state index contributed by atoms with van der Waals surface area (Å²) >= 11 is 1.85. The molecule has 10 rings (SSSR count). The SMILES string of the molecule is c1ccc(-c2ccc(N(c3ccccc3)c3ccc4c(c3)Sc3ccccc3C43c4ccccc4Oc4ccccc43)cc2-c2ccccc2)cc1. The van der Waals surface area contributed by atoms with E-state index in [2.05, 4.69) is 205 Å². The molecule has 0 aliphatic carbocycles. The second-order valence-corrected chi connectivity index (χ2v) is 14.3. The van der Waals surface area contributed by atoms with Gasteiger partial charge >= 0.3 is 0 Å². The van der Waals surface area contributed by atoms with Crippen LogP contribution in [0.5, 0.6) is 11.5 Å². The van der Waals surface area contributed by atoms with Crippen molar-refractivity contribution in [3.05, 3.63) is 222 Å². The number of fused-ring (bicyclic) bond motifs is 8. The molecule has 0 atom stereocenters. The monoisotopic (exact) mass is 683 g/mol. The Hall–Kier alpha value is -6.29. The van der Waals surface area contributed by atoms with E-state index in [1.165, 1.54) is 54.3 Å². The van der Waals surface area contributed by atoms with Crippen LogP contribution in [0, 0.1) is 0 Å². The van der Waals surface area contributed by atoms with Crippen LogP contribution < -0.4 is 9.64 Å². The highest BCUT2D eigenvalue weighted by molar-refractivity contribution is 7.99. The lowest BCUT2D eigenvalue weighted by Crippen LogP contribution is -2.36. The molecule has 2 heterocycles. The smallest absolute Gasteiger partial charge is 0.132 e. The first-order chi connectivity index (χ1) is 25.8. The average Bonchev–Trinajstić information content (AvgIpc) is 3.22. The Morgan fingerprint density at radius 2 is 0.865 bits per heavy atom. The predicted octanol–water partition coefficient (Wildman–Crippen LogP) is 13.4. The van der Waals surface area contributed by atoms with Gasteiger partial charge in [-0.15, -0.1) is 0 Å². The Balaban J connectivity index is 1.20. The van der Waals surface area contributed by atoms with Crippen molar-refractivity contribution < 1.29 is 4.74 Å². The third kappa shape index (κ3) is 4.81. The summed E-state index contributed by atoms with van der Waals surface area (Å²) in [5.74, 6) is 1.80. The highest BCUT2D eigenvalue weighted by Gasteiger charge is 2.49. The van der Waals surface area contributed by atoms with E-state index in [0.717, 1.165) is 28.6 Å². The number of nitrogens with zero attached hydrogens (tertiary/aromatic N) is 1. The largest absolute Gasteiger partial charge is 0.457 e. The van der Waals surface area contributed by atoms with Gasteiger partial charge < -0.3 is 9.64 Å².